The first-order valence-electron chi connectivity index (χ1n) is 7.92. The molecular weight excluding hydrogens is 306 g/mol. The highest BCUT2D eigenvalue weighted by molar-refractivity contribution is 6.04. The third-order valence-corrected chi connectivity index (χ3v) is 4.21. The fraction of sp³-hybridized carbons (Fsp3) is 0.353. The summed E-state index contributed by atoms with van der Waals surface area (Å²) in [5.74, 6) is 0.327. The van der Waals surface area contributed by atoms with Crippen molar-refractivity contribution in [3.63, 3.8) is 0 Å². The van der Waals surface area contributed by atoms with E-state index in [9.17, 15) is 9.59 Å². The molecule has 0 saturated carbocycles. The summed E-state index contributed by atoms with van der Waals surface area (Å²) in [4.78, 5) is 32.2. The van der Waals surface area contributed by atoms with E-state index < -0.39 is 18.2 Å². The maximum atomic E-state index is 12.3. The summed E-state index contributed by atoms with van der Waals surface area (Å²) in [5.41, 5.74) is 1.08. The number of hydrogen-bond donors (Lipinski definition) is 2. The number of carbonyl (C=O) groups excluding carboxylic acids is 2. The average Bonchev–Trinajstić information content (AvgIpc) is 2.96. The van der Waals surface area contributed by atoms with Gasteiger partial charge in [0, 0.05) is 13.6 Å². The highest BCUT2D eigenvalue weighted by Gasteiger charge is 2.49. The lowest BCUT2D eigenvalue weighted by Gasteiger charge is -2.35. The Balaban J connectivity index is 1.87. The van der Waals surface area contributed by atoms with E-state index in [1.807, 2.05) is 54.3 Å². The number of nitrogens with zero attached hydrogens (tertiary/aromatic N) is 3. The first-order chi connectivity index (χ1) is 11.6. The van der Waals surface area contributed by atoms with Crippen molar-refractivity contribution in [3.8, 4) is 0 Å². The van der Waals surface area contributed by atoms with Gasteiger partial charge in [-0.15, -0.1) is 0 Å². The van der Waals surface area contributed by atoms with Crippen molar-refractivity contribution in [2.24, 2.45) is 4.99 Å². The van der Waals surface area contributed by atoms with Gasteiger partial charge in [-0.3, -0.25) is 10.1 Å². The van der Waals surface area contributed by atoms with Crippen LogP contribution in [0.5, 0.6) is 0 Å². The predicted octanol–water partition coefficient (Wildman–Crippen LogP) is 0.900. The maximum Gasteiger partial charge on any atom is 0.325 e. The summed E-state index contributed by atoms with van der Waals surface area (Å²) in [6.07, 6.45) is 3.48. The van der Waals surface area contributed by atoms with Gasteiger partial charge >= 0.3 is 6.03 Å². The Kier molecular flexibility index (Phi) is 4.50. The molecule has 3 rings (SSSR count). The molecule has 0 radical (unpaired) electrons. The molecule has 2 atom stereocenters. The third kappa shape index (κ3) is 2.97. The van der Waals surface area contributed by atoms with Gasteiger partial charge in [0.15, 0.2) is 12.0 Å². The summed E-state index contributed by atoms with van der Waals surface area (Å²) in [6, 6.07) is 9.02. The molecule has 1 aromatic carbocycles. The van der Waals surface area contributed by atoms with Crippen LogP contribution in [0.15, 0.2) is 47.5 Å². The van der Waals surface area contributed by atoms with Crippen molar-refractivity contribution in [2.75, 3.05) is 13.6 Å². The van der Waals surface area contributed by atoms with Crippen LogP contribution in [0, 0.1) is 0 Å². The van der Waals surface area contributed by atoms with E-state index in [1.165, 1.54) is 4.90 Å². The van der Waals surface area contributed by atoms with Gasteiger partial charge in [0.25, 0.3) is 5.91 Å². The van der Waals surface area contributed by atoms with Gasteiger partial charge < -0.3 is 15.1 Å². The van der Waals surface area contributed by atoms with E-state index in [2.05, 4.69) is 15.6 Å². The lowest BCUT2D eigenvalue weighted by Crippen LogP contribution is -2.64. The average molecular weight is 327 g/mol. The van der Waals surface area contributed by atoms with Crippen molar-refractivity contribution < 1.29 is 9.59 Å². The van der Waals surface area contributed by atoms with Crippen molar-refractivity contribution in [1.29, 1.82) is 0 Å². The molecule has 0 aliphatic carbocycles. The summed E-state index contributed by atoms with van der Waals surface area (Å²) in [5, 5.41) is 5.61. The molecule has 7 heteroatoms. The van der Waals surface area contributed by atoms with Gasteiger partial charge in [-0.1, -0.05) is 42.5 Å². The van der Waals surface area contributed by atoms with E-state index in [0.29, 0.717) is 19.0 Å². The number of imide groups is 1. The summed E-state index contributed by atoms with van der Waals surface area (Å²) >= 11 is 0. The molecule has 2 unspecified atom stereocenters. The molecule has 0 aromatic heterocycles. The fourth-order valence-corrected chi connectivity index (χ4v) is 2.89. The minimum absolute atomic E-state index is 0.301. The molecule has 126 valence electrons. The van der Waals surface area contributed by atoms with Crippen molar-refractivity contribution in [3.05, 3.63) is 48.0 Å². The Bertz CT molecular complexity index is 685. The second kappa shape index (κ2) is 6.74. The number of amides is 3. The van der Waals surface area contributed by atoms with Crippen LogP contribution < -0.4 is 10.6 Å². The van der Waals surface area contributed by atoms with Gasteiger partial charge in [-0.25, -0.2) is 9.79 Å². The van der Waals surface area contributed by atoms with Gasteiger partial charge in [0.05, 0.1) is 6.54 Å². The van der Waals surface area contributed by atoms with E-state index >= 15 is 0 Å². The van der Waals surface area contributed by atoms with Crippen molar-refractivity contribution in [2.45, 2.75) is 25.7 Å². The SMILES string of the molecule is C/C=C/CN1C(=NCc2ccccc2)NC2C1C(=O)NC(=O)N2C. The van der Waals surface area contributed by atoms with Gasteiger partial charge in [0.2, 0.25) is 0 Å². The fourth-order valence-electron chi connectivity index (χ4n) is 2.89. The van der Waals surface area contributed by atoms with Gasteiger partial charge in [0.1, 0.15) is 6.17 Å². The number of hydrogen-bond acceptors (Lipinski definition) is 3. The number of likely N-dealkylation sites (N-methyl/N-ethyl adjacent to an activating group) is 1. The molecule has 7 nitrogen and oxygen atoms in total. The third-order valence-electron chi connectivity index (χ3n) is 4.21. The second-order valence-electron chi connectivity index (χ2n) is 5.79. The molecule has 2 N–H and O–H groups in total. The van der Waals surface area contributed by atoms with Gasteiger partial charge in [-0.05, 0) is 12.5 Å². The molecule has 3 amide bonds. The van der Waals surface area contributed by atoms with Crippen LogP contribution in [0.2, 0.25) is 0 Å². The highest BCUT2D eigenvalue weighted by atomic mass is 16.2. The zero-order chi connectivity index (χ0) is 17.1. The number of fused-ring (bicyclic) bond motifs is 1. The predicted molar refractivity (Wildman–Crippen MR) is 91.1 cm³/mol. The number of rotatable bonds is 4. The number of urea groups is 1. The normalized spacial score (nSPS) is 25.2. The lowest BCUT2D eigenvalue weighted by atomic mass is 10.1. The zero-order valence-electron chi connectivity index (χ0n) is 13.8. The number of guanidine groups is 1. The molecule has 2 heterocycles. The molecule has 24 heavy (non-hydrogen) atoms. The van der Waals surface area contributed by atoms with Crippen molar-refractivity contribution >= 4 is 17.9 Å². The van der Waals surface area contributed by atoms with Crippen LogP contribution >= 0.6 is 0 Å². The molecular formula is C17H21N5O2. The van der Waals surface area contributed by atoms with Crippen LogP contribution in [0.1, 0.15) is 12.5 Å². The van der Waals surface area contributed by atoms with Crippen molar-refractivity contribution in [1.82, 2.24) is 20.4 Å². The lowest BCUT2D eigenvalue weighted by molar-refractivity contribution is -0.126. The first-order valence-corrected chi connectivity index (χ1v) is 7.92. The first kappa shape index (κ1) is 16.0. The minimum Gasteiger partial charge on any atom is -0.333 e. The largest absolute Gasteiger partial charge is 0.333 e. The van der Waals surface area contributed by atoms with E-state index in [1.54, 1.807) is 7.05 Å². The Hall–Kier alpha value is -2.83. The second-order valence-corrected chi connectivity index (χ2v) is 5.79. The standard InChI is InChI=1S/C17H21N5O2/c1-3-4-10-22-13-14(21(2)17(24)20-15(13)23)19-16(22)18-11-12-8-6-5-7-9-12/h3-9,13-14H,10-11H2,1-2H3,(H,18,19)(H,20,23,24)/b4-3+. The van der Waals surface area contributed by atoms with Crippen LogP contribution in [0.4, 0.5) is 4.79 Å². The molecule has 2 aliphatic heterocycles. The number of benzene rings is 1. The molecule has 2 fully saturated rings. The van der Waals surface area contributed by atoms with E-state index in [4.69, 9.17) is 0 Å². The molecule has 0 bridgehead atoms. The number of carbonyl (C=O) groups is 2. The summed E-state index contributed by atoms with van der Waals surface area (Å²) < 4.78 is 0. The smallest absolute Gasteiger partial charge is 0.325 e. The van der Waals surface area contributed by atoms with E-state index in [0.717, 1.165) is 5.56 Å². The Morgan fingerprint density at radius 3 is 2.71 bits per heavy atom. The Morgan fingerprint density at radius 2 is 2.00 bits per heavy atom. The molecule has 2 saturated heterocycles. The Labute approximate surface area is 141 Å². The van der Waals surface area contributed by atoms with Crippen LogP contribution in [-0.4, -0.2) is 53.5 Å². The number of aliphatic imine (C=N–C) groups is 1. The topological polar surface area (TPSA) is 77.0 Å². The summed E-state index contributed by atoms with van der Waals surface area (Å²) in [6.45, 7) is 2.99. The monoisotopic (exact) mass is 327 g/mol. The summed E-state index contributed by atoms with van der Waals surface area (Å²) in [7, 11) is 1.67. The van der Waals surface area contributed by atoms with E-state index in [-0.39, 0.29) is 5.91 Å². The molecule has 2 aliphatic rings. The van der Waals surface area contributed by atoms with Crippen LogP contribution in [-0.2, 0) is 11.3 Å². The zero-order valence-corrected chi connectivity index (χ0v) is 13.8. The highest BCUT2D eigenvalue weighted by Crippen LogP contribution is 2.20. The Morgan fingerprint density at radius 1 is 1.25 bits per heavy atom. The molecule has 0 spiro atoms. The number of allylic oxidation sites excluding steroid dienone is 1. The molecule has 1 aromatic rings. The number of nitrogens with one attached hydrogen (secondary N) is 2. The minimum atomic E-state index is -0.488. The van der Waals surface area contributed by atoms with Gasteiger partial charge in [-0.2, -0.15) is 0 Å². The van der Waals surface area contributed by atoms with Crippen LogP contribution in [0.25, 0.3) is 0 Å². The van der Waals surface area contributed by atoms with Crippen LogP contribution in [0.3, 0.4) is 0 Å². The maximum absolute atomic E-state index is 12.3. The quantitative estimate of drug-likeness (QED) is 0.806.